The van der Waals surface area contributed by atoms with E-state index in [2.05, 4.69) is 37.4 Å². The third kappa shape index (κ3) is 4.20. The van der Waals surface area contributed by atoms with Gasteiger partial charge in [0.1, 0.15) is 5.00 Å². The lowest BCUT2D eigenvalue weighted by Gasteiger charge is -2.23. The van der Waals surface area contributed by atoms with Crippen molar-refractivity contribution >= 4 is 39.5 Å². The van der Waals surface area contributed by atoms with Gasteiger partial charge in [0, 0.05) is 21.8 Å². The fourth-order valence-electron chi connectivity index (χ4n) is 4.24. The lowest BCUT2D eigenvalue weighted by Crippen LogP contribution is -2.19. The largest absolute Gasteiger partial charge is 0.459 e. The minimum Gasteiger partial charge on any atom is -0.459 e. The summed E-state index contributed by atoms with van der Waals surface area (Å²) >= 11 is 3.34. The molecular weight excluding hydrogens is 440 g/mol. The summed E-state index contributed by atoms with van der Waals surface area (Å²) < 4.78 is 5.32. The van der Waals surface area contributed by atoms with Gasteiger partial charge in [-0.2, -0.15) is 11.3 Å². The Morgan fingerprint density at radius 1 is 1.16 bits per heavy atom. The van der Waals surface area contributed by atoms with E-state index >= 15 is 0 Å². The molecule has 6 nitrogen and oxygen atoms in total. The quantitative estimate of drug-likeness (QED) is 0.358. The molecule has 0 spiro atoms. The first-order valence-corrected chi connectivity index (χ1v) is 12.4. The van der Waals surface area contributed by atoms with Crippen molar-refractivity contribution in [1.82, 2.24) is 9.97 Å². The molecule has 164 valence electrons. The Balaban J connectivity index is 1.59. The summed E-state index contributed by atoms with van der Waals surface area (Å²) in [5.74, 6) is 0.666. The molecule has 0 bridgehead atoms. The second-order valence-electron chi connectivity index (χ2n) is 7.99. The molecule has 32 heavy (non-hydrogen) atoms. The Hall–Kier alpha value is -2.97. The molecule has 4 aromatic heterocycles. The van der Waals surface area contributed by atoms with Crippen molar-refractivity contribution in [3.8, 4) is 0 Å². The zero-order valence-electron chi connectivity index (χ0n) is 18.0. The third-order valence-electron chi connectivity index (χ3n) is 5.61. The van der Waals surface area contributed by atoms with Gasteiger partial charge in [-0.25, -0.2) is 9.97 Å². The fourth-order valence-corrected chi connectivity index (χ4v) is 6.25. The van der Waals surface area contributed by atoms with Crippen LogP contribution in [0.1, 0.15) is 62.4 Å². The monoisotopic (exact) mass is 464 g/mol. The van der Waals surface area contributed by atoms with E-state index in [-0.39, 0.29) is 11.9 Å². The number of nitrogens with one attached hydrogen (secondary N) is 2. The molecule has 0 aromatic carbocycles. The predicted molar refractivity (Wildman–Crippen MR) is 129 cm³/mol. The van der Waals surface area contributed by atoms with E-state index < -0.39 is 0 Å². The molecule has 4 heterocycles. The number of furan rings is 1. The lowest BCUT2D eigenvalue weighted by molar-refractivity contribution is 0.0997. The molecule has 0 saturated carbocycles. The topological polar surface area (TPSA) is 80.0 Å². The smallest absolute Gasteiger partial charge is 0.291 e. The molecule has 1 aliphatic rings. The highest BCUT2D eigenvalue weighted by Gasteiger charge is 2.29. The fraction of sp³-hybridized carbons (Fsp3) is 0.292. The van der Waals surface area contributed by atoms with Crippen molar-refractivity contribution < 1.29 is 9.21 Å². The number of rotatable bonds is 6. The number of nitrogens with zero attached hydrogens (tertiary/aromatic N) is 2. The van der Waals surface area contributed by atoms with Gasteiger partial charge >= 0.3 is 0 Å². The van der Waals surface area contributed by atoms with E-state index in [4.69, 9.17) is 4.42 Å². The first-order valence-electron chi connectivity index (χ1n) is 10.7. The number of hydrogen-bond acceptors (Lipinski definition) is 7. The molecule has 0 unspecified atom stereocenters. The maximum absolute atomic E-state index is 12.9. The number of aromatic nitrogens is 2. The molecule has 1 aliphatic carbocycles. The van der Waals surface area contributed by atoms with Crippen LogP contribution in [0.3, 0.4) is 0 Å². The molecule has 1 amide bonds. The first-order chi connectivity index (χ1) is 15.6. The van der Waals surface area contributed by atoms with Gasteiger partial charge in [0.15, 0.2) is 5.76 Å². The van der Waals surface area contributed by atoms with Crippen LogP contribution in [0.25, 0.3) is 0 Å². The predicted octanol–water partition coefficient (Wildman–Crippen LogP) is 6.14. The second-order valence-corrected chi connectivity index (χ2v) is 9.88. The number of anilines is 2. The van der Waals surface area contributed by atoms with Crippen LogP contribution in [0.2, 0.25) is 0 Å². The van der Waals surface area contributed by atoms with Gasteiger partial charge in [0.05, 0.1) is 12.3 Å². The van der Waals surface area contributed by atoms with E-state index in [1.54, 1.807) is 34.8 Å². The van der Waals surface area contributed by atoms with E-state index in [9.17, 15) is 4.79 Å². The molecule has 0 aliphatic heterocycles. The van der Waals surface area contributed by atoms with Crippen LogP contribution in [0, 0.1) is 13.8 Å². The molecular formula is C24H24N4O2S2. The van der Waals surface area contributed by atoms with Gasteiger partial charge in [-0.15, -0.1) is 11.3 Å². The highest BCUT2D eigenvalue weighted by atomic mass is 32.1. The summed E-state index contributed by atoms with van der Waals surface area (Å²) in [5, 5.41) is 11.8. The Kier molecular flexibility index (Phi) is 5.80. The van der Waals surface area contributed by atoms with E-state index in [0.717, 1.165) is 46.8 Å². The van der Waals surface area contributed by atoms with Crippen molar-refractivity contribution in [1.29, 1.82) is 0 Å². The summed E-state index contributed by atoms with van der Waals surface area (Å²) in [4.78, 5) is 23.4. The number of carbonyl (C=O) groups is 1. The van der Waals surface area contributed by atoms with Crippen molar-refractivity contribution in [2.24, 2.45) is 0 Å². The highest BCUT2D eigenvalue weighted by Crippen LogP contribution is 2.44. The van der Waals surface area contributed by atoms with Crippen molar-refractivity contribution in [3.05, 3.63) is 80.0 Å². The molecule has 5 rings (SSSR count). The molecule has 8 heteroatoms. The summed E-state index contributed by atoms with van der Waals surface area (Å²) in [7, 11) is 0. The highest BCUT2D eigenvalue weighted by molar-refractivity contribution is 7.16. The van der Waals surface area contributed by atoms with E-state index in [0.29, 0.717) is 11.7 Å². The van der Waals surface area contributed by atoms with Gasteiger partial charge in [-0.05, 0) is 85.7 Å². The van der Waals surface area contributed by atoms with Crippen LogP contribution >= 0.6 is 22.7 Å². The second kappa shape index (κ2) is 8.88. The van der Waals surface area contributed by atoms with Gasteiger partial charge < -0.3 is 15.1 Å². The zero-order chi connectivity index (χ0) is 22.1. The Morgan fingerprint density at radius 2 is 1.97 bits per heavy atom. The Morgan fingerprint density at radius 3 is 2.69 bits per heavy atom. The maximum atomic E-state index is 12.9. The summed E-state index contributed by atoms with van der Waals surface area (Å²) in [5.41, 5.74) is 5.43. The van der Waals surface area contributed by atoms with E-state index in [1.165, 1.54) is 23.1 Å². The SMILES string of the molecule is Cc1cc(C)nc(N[C@H](c2ccsc2)c2c(NC(=O)c3ccco3)sc3c2CCCC3)n1. The van der Waals surface area contributed by atoms with Gasteiger partial charge in [0.25, 0.3) is 5.91 Å². The summed E-state index contributed by atoms with van der Waals surface area (Å²) in [6, 6.07) is 7.33. The number of amides is 1. The molecule has 0 fully saturated rings. The van der Waals surface area contributed by atoms with Gasteiger partial charge in [0.2, 0.25) is 5.95 Å². The van der Waals surface area contributed by atoms with Crippen LogP contribution in [-0.4, -0.2) is 15.9 Å². The molecule has 0 radical (unpaired) electrons. The van der Waals surface area contributed by atoms with Gasteiger partial charge in [-0.1, -0.05) is 0 Å². The molecule has 4 aromatic rings. The van der Waals surface area contributed by atoms with Crippen LogP contribution < -0.4 is 10.6 Å². The summed E-state index contributed by atoms with van der Waals surface area (Å²) in [6.45, 7) is 3.95. The molecule has 2 N–H and O–H groups in total. The lowest BCUT2D eigenvalue weighted by atomic mass is 9.90. The third-order valence-corrected chi connectivity index (χ3v) is 7.53. The first kappa shape index (κ1) is 20.9. The normalized spacial score (nSPS) is 14.1. The van der Waals surface area contributed by atoms with Crippen LogP contribution in [0.4, 0.5) is 10.9 Å². The molecule has 0 saturated heterocycles. The standard InChI is InChI=1S/C24H24N4O2S2/c1-14-12-15(2)26-24(25-14)27-21(16-9-11-31-13-16)20-17-6-3-4-8-19(17)32-23(20)28-22(29)18-7-5-10-30-18/h5,7,9-13,21H,3-4,6,8H2,1-2H3,(H,28,29)(H,25,26,27)/t21-/m1/s1. The minimum atomic E-state index is -0.235. The van der Waals surface area contributed by atoms with Crippen molar-refractivity contribution in [2.45, 2.75) is 45.6 Å². The van der Waals surface area contributed by atoms with E-state index in [1.807, 2.05) is 19.9 Å². The number of aryl methyl sites for hydroxylation is 3. The van der Waals surface area contributed by atoms with Crippen molar-refractivity contribution in [2.75, 3.05) is 10.6 Å². The average Bonchev–Trinajstić information content (AvgIpc) is 3.52. The summed E-state index contributed by atoms with van der Waals surface area (Å²) in [6.07, 6.45) is 5.89. The van der Waals surface area contributed by atoms with Crippen LogP contribution in [0.5, 0.6) is 0 Å². The maximum Gasteiger partial charge on any atom is 0.291 e. The molecule has 1 atom stereocenters. The number of fused-ring (bicyclic) bond motifs is 1. The Labute approximate surface area is 194 Å². The number of carbonyl (C=O) groups excluding carboxylic acids is 1. The zero-order valence-corrected chi connectivity index (χ0v) is 19.6. The number of hydrogen-bond donors (Lipinski definition) is 2. The van der Waals surface area contributed by atoms with Crippen LogP contribution in [-0.2, 0) is 12.8 Å². The minimum absolute atomic E-state index is 0.160. The number of thiophene rings is 2. The Bertz CT molecular complexity index is 1210. The van der Waals surface area contributed by atoms with Crippen LogP contribution in [0.15, 0.2) is 45.7 Å². The average molecular weight is 465 g/mol. The van der Waals surface area contributed by atoms with Crippen molar-refractivity contribution in [3.63, 3.8) is 0 Å². The van der Waals surface area contributed by atoms with Gasteiger partial charge in [-0.3, -0.25) is 4.79 Å².